The van der Waals surface area contributed by atoms with Crippen LogP contribution in [0.5, 0.6) is 0 Å². The van der Waals surface area contributed by atoms with E-state index in [2.05, 4.69) is 4.52 Å². The fourth-order valence-corrected chi connectivity index (χ4v) is 3.94. The molecule has 0 spiro atoms. The first-order chi connectivity index (χ1) is 5.27. The van der Waals surface area contributed by atoms with Crippen LogP contribution in [0, 0.1) is 0 Å². The van der Waals surface area contributed by atoms with Crippen molar-refractivity contribution >= 4 is 15.0 Å². The molecule has 0 aromatic carbocycles. The molecule has 0 aromatic rings. The number of rotatable bonds is 5. The minimum Gasteiger partial charge on any atom is -0.344 e. The summed E-state index contributed by atoms with van der Waals surface area (Å²) in [6, 6.07) is 0. The van der Waals surface area contributed by atoms with E-state index < -0.39 is 20.9 Å². The minimum absolute atomic E-state index is 0.0895. The van der Waals surface area contributed by atoms with E-state index in [0.29, 0.717) is 0 Å². The highest BCUT2D eigenvalue weighted by Crippen LogP contribution is 2.55. The van der Waals surface area contributed by atoms with Gasteiger partial charge in [-0.2, -0.15) is 0 Å². The first-order valence-corrected chi connectivity index (χ1v) is 7.28. The van der Waals surface area contributed by atoms with E-state index in [0.717, 1.165) is 6.66 Å². The quantitative estimate of drug-likeness (QED) is 0.559. The summed E-state index contributed by atoms with van der Waals surface area (Å²) in [7, 11) is -7.43. The molecule has 0 radical (unpaired) electrons. The SMILES string of the molecule is CP(=O)(O)CP(=O)(O)OCCN. The van der Waals surface area contributed by atoms with Gasteiger partial charge in [0.2, 0.25) is 7.37 Å². The van der Waals surface area contributed by atoms with Gasteiger partial charge in [0.25, 0.3) is 0 Å². The lowest BCUT2D eigenvalue weighted by Crippen LogP contribution is -2.08. The molecule has 8 heteroatoms. The molecule has 0 aromatic heterocycles. The summed E-state index contributed by atoms with van der Waals surface area (Å²) in [5.74, 6) is -0.722. The van der Waals surface area contributed by atoms with Gasteiger partial charge in [-0.05, 0) is 0 Å². The molecule has 6 nitrogen and oxygen atoms in total. The van der Waals surface area contributed by atoms with Crippen LogP contribution in [0.2, 0.25) is 0 Å². The Morgan fingerprint density at radius 1 is 1.42 bits per heavy atom. The van der Waals surface area contributed by atoms with Gasteiger partial charge in [0.15, 0.2) is 0 Å². The van der Waals surface area contributed by atoms with Gasteiger partial charge in [-0.1, -0.05) is 0 Å². The van der Waals surface area contributed by atoms with Crippen molar-refractivity contribution in [3.63, 3.8) is 0 Å². The minimum atomic E-state index is -3.92. The Kier molecular flexibility index (Phi) is 4.62. The Morgan fingerprint density at radius 3 is 2.25 bits per heavy atom. The van der Waals surface area contributed by atoms with Crippen molar-refractivity contribution in [1.82, 2.24) is 0 Å². The van der Waals surface area contributed by atoms with Crippen molar-refractivity contribution in [3.8, 4) is 0 Å². The van der Waals surface area contributed by atoms with E-state index in [4.69, 9.17) is 15.5 Å². The number of hydrogen-bond donors (Lipinski definition) is 3. The van der Waals surface area contributed by atoms with E-state index >= 15 is 0 Å². The van der Waals surface area contributed by atoms with E-state index in [1.165, 1.54) is 0 Å². The third-order valence-corrected chi connectivity index (χ3v) is 4.97. The summed E-state index contributed by atoms with van der Waals surface area (Å²) in [5.41, 5.74) is 5.01. The van der Waals surface area contributed by atoms with E-state index in [-0.39, 0.29) is 13.2 Å². The maximum absolute atomic E-state index is 10.9. The molecule has 12 heavy (non-hydrogen) atoms. The van der Waals surface area contributed by atoms with Crippen LogP contribution >= 0.6 is 15.0 Å². The average molecular weight is 217 g/mol. The molecule has 0 saturated carbocycles. The van der Waals surface area contributed by atoms with Gasteiger partial charge < -0.3 is 20.0 Å². The largest absolute Gasteiger partial charge is 0.344 e. The lowest BCUT2D eigenvalue weighted by Gasteiger charge is -2.12. The molecule has 2 atom stereocenters. The second-order valence-corrected chi connectivity index (χ2v) is 7.22. The van der Waals surface area contributed by atoms with Crippen molar-refractivity contribution in [2.24, 2.45) is 5.73 Å². The molecule has 0 fully saturated rings. The zero-order chi connectivity index (χ0) is 9.83. The van der Waals surface area contributed by atoms with Crippen LogP contribution in [-0.2, 0) is 13.7 Å². The monoisotopic (exact) mass is 217 g/mol. The number of nitrogens with two attached hydrogens (primary N) is 1. The highest BCUT2D eigenvalue weighted by atomic mass is 31.2. The van der Waals surface area contributed by atoms with Crippen molar-refractivity contribution in [3.05, 3.63) is 0 Å². The molecule has 0 rings (SSSR count). The maximum atomic E-state index is 10.9. The lowest BCUT2D eigenvalue weighted by molar-refractivity contribution is 0.269. The van der Waals surface area contributed by atoms with Gasteiger partial charge >= 0.3 is 7.60 Å². The zero-order valence-corrected chi connectivity index (χ0v) is 8.50. The summed E-state index contributed by atoms with van der Waals surface area (Å²) in [6.45, 7) is 1.01. The topological polar surface area (TPSA) is 110 Å². The highest BCUT2D eigenvalue weighted by Gasteiger charge is 2.28. The van der Waals surface area contributed by atoms with Gasteiger partial charge in [0.1, 0.15) is 5.90 Å². The zero-order valence-electron chi connectivity index (χ0n) is 6.71. The maximum Gasteiger partial charge on any atom is 0.337 e. The predicted molar refractivity (Wildman–Crippen MR) is 45.4 cm³/mol. The standard InChI is InChI=1S/C4H13NO5P2/c1-11(6,7)4-12(8,9)10-3-2-5/h2-5H2,1H3,(H,6,7)(H,8,9). The summed E-state index contributed by atoms with van der Waals surface area (Å²) < 4.78 is 26.0. The summed E-state index contributed by atoms with van der Waals surface area (Å²) in [6.07, 6.45) is 0. The van der Waals surface area contributed by atoms with Gasteiger partial charge in [0.05, 0.1) is 6.61 Å². The Morgan fingerprint density at radius 2 is 1.92 bits per heavy atom. The molecule has 0 amide bonds. The van der Waals surface area contributed by atoms with Crippen molar-refractivity contribution in [2.45, 2.75) is 0 Å². The second kappa shape index (κ2) is 4.51. The Labute approximate surface area is 70.7 Å². The fourth-order valence-electron chi connectivity index (χ4n) is 0.568. The number of hydrogen-bond acceptors (Lipinski definition) is 4. The molecule has 0 bridgehead atoms. The third-order valence-electron chi connectivity index (χ3n) is 0.852. The first-order valence-electron chi connectivity index (χ1n) is 3.22. The summed E-state index contributed by atoms with van der Waals surface area (Å²) in [4.78, 5) is 17.7. The van der Waals surface area contributed by atoms with Crippen LogP contribution in [-0.4, -0.2) is 35.5 Å². The molecule has 2 unspecified atom stereocenters. The molecule has 0 aliphatic rings. The Balaban J connectivity index is 4.05. The van der Waals surface area contributed by atoms with Crippen molar-refractivity contribution in [2.75, 3.05) is 25.7 Å². The lowest BCUT2D eigenvalue weighted by atomic mass is 10.8. The van der Waals surface area contributed by atoms with Gasteiger partial charge in [0, 0.05) is 13.2 Å². The van der Waals surface area contributed by atoms with Crippen molar-refractivity contribution < 1.29 is 23.4 Å². The predicted octanol–water partition coefficient (Wildman–Crippen LogP) is 0.00480. The molecular formula is C4H13NO5P2. The van der Waals surface area contributed by atoms with Crippen molar-refractivity contribution in [1.29, 1.82) is 0 Å². The summed E-state index contributed by atoms with van der Waals surface area (Å²) >= 11 is 0. The van der Waals surface area contributed by atoms with Gasteiger partial charge in [-0.3, -0.25) is 9.13 Å². The fraction of sp³-hybridized carbons (Fsp3) is 1.00. The highest BCUT2D eigenvalue weighted by molar-refractivity contribution is 7.72. The van der Waals surface area contributed by atoms with Gasteiger partial charge in [-0.15, -0.1) is 0 Å². The second-order valence-electron chi connectivity index (χ2n) is 2.45. The molecule has 0 heterocycles. The smallest absolute Gasteiger partial charge is 0.337 e. The Hall–Kier alpha value is 0.300. The van der Waals surface area contributed by atoms with E-state index in [1.807, 2.05) is 0 Å². The van der Waals surface area contributed by atoms with E-state index in [9.17, 15) is 9.13 Å². The normalized spacial score (nSPS) is 21.3. The summed E-state index contributed by atoms with van der Waals surface area (Å²) in [5, 5.41) is 0. The molecule has 74 valence electrons. The van der Waals surface area contributed by atoms with Gasteiger partial charge in [-0.25, -0.2) is 0 Å². The third kappa shape index (κ3) is 6.98. The van der Waals surface area contributed by atoms with E-state index in [1.54, 1.807) is 0 Å². The molecule has 0 saturated heterocycles. The Bertz CT molecular complexity index is 223. The van der Waals surface area contributed by atoms with Crippen LogP contribution in [0.25, 0.3) is 0 Å². The van der Waals surface area contributed by atoms with Crippen LogP contribution in [0.15, 0.2) is 0 Å². The average Bonchev–Trinajstić information content (AvgIpc) is 1.78. The molecular weight excluding hydrogens is 204 g/mol. The van der Waals surface area contributed by atoms with Crippen LogP contribution in [0.3, 0.4) is 0 Å². The first kappa shape index (κ1) is 12.3. The van der Waals surface area contributed by atoms with Crippen LogP contribution in [0.4, 0.5) is 0 Å². The van der Waals surface area contributed by atoms with Crippen LogP contribution in [0.1, 0.15) is 0 Å². The van der Waals surface area contributed by atoms with Crippen LogP contribution < -0.4 is 5.73 Å². The molecule has 4 N–H and O–H groups in total. The molecule has 0 aliphatic carbocycles. The molecule has 0 aliphatic heterocycles.